The zero-order valence-electron chi connectivity index (χ0n) is 20.9. The van der Waals surface area contributed by atoms with Gasteiger partial charge >= 0.3 is 0 Å². The van der Waals surface area contributed by atoms with Gasteiger partial charge in [-0.1, -0.05) is 57.2 Å². The van der Waals surface area contributed by atoms with Crippen molar-refractivity contribution < 1.29 is 9.47 Å². The van der Waals surface area contributed by atoms with Gasteiger partial charge in [0.2, 0.25) is 0 Å². The Morgan fingerprint density at radius 1 is 0.912 bits per heavy atom. The van der Waals surface area contributed by atoms with Crippen molar-refractivity contribution in [1.29, 1.82) is 0 Å². The van der Waals surface area contributed by atoms with Gasteiger partial charge in [-0.15, -0.1) is 0 Å². The van der Waals surface area contributed by atoms with Crippen LogP contribution >= 0.6 is 0 Å². The highest BCUT2D eigenvalue weighted by atomic mass is 16.5. The average molecular weight is 457 g/mol. The van der Waals surface area contributed by atoms with Crippen LogP contribution in [0.15, 0.2) is 66.7 Å². The topological polar surface area (TPSA) is 36.3 Å². The number of benzene rings is 3. The molecule has 3 aromatic carbocycles. The van der Waals surface area contributed by atoms with E-state index in [1.807, 2.05) is 18.2 Å². The van der Waals surface area contributed by atoms with Crippen LogP contribution in [-0.2, 0) is 19.6 Å². The Labute approximate surface area is 203 Å². The van der Waals surface area contributed by atoms with Crippen molar-refractivity contribution in [2.75, 3.05) is 6.61 Å². The van der Waals surface area contributed by atoms with Crippen LogP contribution in [0.5, 0.6) is 11.5 Å². The molecule has 4 heteroatoms. The smallest absolute Gasteiger partial charge is 0.147 e. The Hall–Kier alpha value is -3.27. The first-order chi connectivity index (χ1) is 16.5. The van der Waals surface area contributed by atoms with E-state index in [1.165, 1.54) is 16.7 Å². The summed E-state index contributed by atoms with van der Waals surface area (Å²) in [7, 11) is 0. The lowest BCUT2D eigenvalue weighted by Crippen LogP contribution is -2.09. The molecule has 1 heterocycles. The summed E-state index contributed by atoms with van der Waals surface area (Å²) in [6.07, 6.45) is 3.03. The van der Waals surface area contributed by atoms with Crippen LogP contribution in [0.1, 0.15) is 62.0 Å². The molecule has 4 aromatic rings. The fourth-order valence-electron chi connectivity index (χ4n) is 4.25. The summed E-state index contributed by atoms with van der Waals surface area (Å²) in [5.41, 5.74) is 5.99. The van der Waals surface area contributed by atoms with Crippen molar-refractivity contribution in [3.63, 3.8) is 0 Å². The van der Waals surface area contributed by atoms with Gasteiger partial charge in [-0.05, 0) is 79.1 Å². The molecule has 178 valence electrons. The molecule has 0 amide bonds. The normalized spacial score (nSPS) is 11.3. The number of aromatic nitrogens is 2. The number of rotatable bonds is 11. The van der Waals surface area contributed by atoms with E-state index in [0.29, 0.717) is 19.1 Å². The third-order valence-corrected chi connectivity index (χ3v) is 6.26. The predicted molar refractivity (Wildman–Crippen MR) is 140 cm³/mol. The maximum Gasteiger partial charge on any atom is 0.147 e. The van der Waals surface area contributed by atoms with Crippen LogP contribution in [0.2, 0.25) is 0 Å². The largest absolute Gasteiger partial charge is 0.493 e. The molecule has 0 bridgehead atoms. The number of ether oxygens (including phenoxy) is 2. The van der Waals surface area contributed by atoms with Crippen molar-refractivity contribution in [1.82, 2.24) is 9.55 Å². The van der Waals surface area contributed by atoms with Gasteiger partial charge in [0.15, 0.2) is 0 Å². The van der Waals surface area contributed by atoms with E-state index in [-0.39, 0.29) is 0 Å². The summed E-state index contributed by atoms with van der Waals surface area (Å²) in [6, 6.07) is 23.1. The molecular formula is C30H36N2O2. The lowest BCUT2D eigenvalue weighted by atomic mass is 10.0. The van der Waals surface area contributed by atoms with Crippen LogP contribution in [0, 0.1) is 6.92 Å². The number of hydrogen-bond donors (Lipinski definition) is 0. The highest BCUT2D eigenvalue weighted by molar-refractivity contribution is 5.75. The van der Waals surface area contributed by atoms with Crippen molar-refractivity contribution >= 4 is 11.0 Å². The number of fused-ring (bicyclic) bond motifs is 1. The number of unbranched alkanes of at least 4 members (excludes halogenated alkanes) is 1. The quantitative estimate of drug-likeness (QED) is 0.220. The number of para-hydroxylation sites is 2. The molecule has 0 unspecified atom stereocenters. The monoisotopic (exact) mass is 456 g/mol. The van der Waals surface area contributed by atoms with Crippen molar-refractivity contribution in [3.8, 4) is 11.5 Å². The number of aryl methyl sites for hydroxylation is 3. The lowest BCUT2D eigenvalue weighted by molar-refractivity contribution is 0.284. The first kappa shape index (κ1) is 23.9. The van der Waals surface area contributed by atoms with Crippen molar-refractivity contribution in [2.24, 2.45) is 0 Å². The molecule has 0 spiro atoms. The molecule has 0 saturated carbocycles. The maximum absolute atomic E-state index is 6.19. The molecule has 0 radical (unpaired) electrons. The maximum atomic E-state index is 6.19. The van der Waals surface area contributed by atoms with Gasteiger partial charge in [-0.3, -0.25) is 0 Å². The summed E-state index contributed by atoms with van der Waals surface area (Å²) < 4.78 is 14.6. The van der Waals surface area contributed by atoms with Gasteiger partial charge in [0, 0.05) is 6.54 Å². The van der Waals surface area contributed by atoms with Gasteiger partial charge in [0.05, 0.1) is 17.6 Å². The number of hydrogen-bond acceptors (Lipinski definition) is 3. The molecule has 4 rings (SSSR count). The van der Waals surface area contributed by atoms with E-state index in [1.54, 1.807) is 0 Å². The number of nitrogens with zero attached hydrogens (tertiary/aromatic N) is 2. The molecule has 0 saturated heterocycles. The second-order valence-electron chi connectivity index (χ2n) is 9.21. The summed E-state index contributed by atoms with van der Waals surface area (Å²) in [5, 5.41) is 0. The van der Waals surface area contributed by atoms with E-state index in [0.717, 1.165) is 54.2 Å². The molecule has 0 aliphatic rings. The van der Waals surface area contributed by atoms with Gasteiger partial charge < -0.3 is 14.0 Å². The third-order valence-electron chi connectivity index (χ3n) is 6.26. The van der Waals surface area contributed by atoms with Gasteiger partial charge in [0.25, 0.3) is 0 Å². The van der Waals surface area contributed by atoms with Crippen LogP contribution in [0.3, 0.4) is 0 Å². The summed E-state index contributed by atoms with van der Waals surface area (Å²) in [6.45, 7) is 10.8. The van der Waals surface area contributed by atoms with E-state index in [9.17, 15) is 0 Å². The second-order valence-corrected chi connectivity index (χ2v) is 9.21. The molecule has 0 aliphatic heterocycles. The van der Waals surface area contributed by atoms with E-state index in [4.69, 9.17) is 14.5 Å². The Balaban J connectivity index is 1.38. The third kappa shape index (κ3) is 5.80. The second kappa shape index (κ2) is 11.2. The Bertz CT molecular complexity index is 1210. The minimum Gasteiger partial charge on any atom is -0.493 e. The zero-order chi connectivity index (χ0) is 23.9. The molecule has 34 heavy (non-hydrogen) atoms. The average Bonchev–Trinajstić information content (AvgIpc) is 3.20. The summed E-state index contributed by atoms with van der Waals surface area (Å²) >= 11 is 0. The summed E-state index contributed by atoms with van der Waals surface area (Å²) in [4.78, 5) is 4.86. The molecule has 0 fully saturated rings. The highest BCUT2D eigenvalue weighted by Crippen LogP contribution is 2.28. The van der Waals surface area contributed by atoms with Gasteiger partial charge in [-0.2, -0.15) is 0 Å². The summed E-state index contributed by atoms with van der Waals surface area (Å²) in [5.74, 6) is 3.31. The van der Waals surface area contributed by atoms with E-state index >= 15 is 0 Å². The fraction of sp³-hybridized carbons (Fsp3) is 0.367. The Kier molecular flexibility index (Phi) is 7.89. The van der Waals surface area contributed by atoms with Gasteiger partial charge in [-0.25, -0.2) is 4.98 Å². The van der Waals surface area contributed by atoms with Crippen LogP contribution in [0.25, 0.3) is 11.0 Å². The van der Waals surface area contributed by atoms with Gasteiger partial charge in [0.1, 0.15) is 23.9 Å². The minimum atomic E-state index is 0.452. The minimum absolute atomic E-state index is 0.452. The van der Waals surface area contributed by atoms with E-state index in [2.05, 4.69) is 80.8 Å². The highest BCUT2D eigenvalue weighted by Gasteiger charge is 2.12. The Morgan fingerprint density at radius 3 is 2.47 bits per heavy atom. The molecule has 0 N–H and O–H groups in total. The van der Waals surface area contributed by atoms with Crippen LogP contribution < -0.4 is 9.47 Å². The molecule has 4 nitrogen and oxygen atoms in total. The number of imidazole rings is 1. The molecule has 1 aromatic heterocycles. The van der Waals surface area contributed by atoms with Crippen molar-refractivity contribution in [3.05, 3.63) is 89.2 Å². The van der Waals surface area contributed by atoms with Crippen LogP contribution in [0.4, 0.5) is 0 Å². The fourth-order valence-corrected chi connectivity index (χ4v) is 4.25. The molecule has 0 atom stereocenters. The molecule has 0 aliphatic carbocycles. The zero-order valence-corrected chi connectivity index (χ0v) is 20.9. The van der Waals surface area contributed by atoms with E-state index < -0.39 is 0 Å². The predicted octanol–water partition coefficient (Wildman–Crippen LogP) is 7.47. The molecular weight excluding hydrogens is 420 g/mol. The van der Waals surface area contributed by atoms with Crippen molar-refractivity contribution in [2.45, 2.75) is 66.0 Å². The SMILES string of the molecule is CCc1ccc(OCc2nc3ccccc3n2CCCCOc2cc(C)ccc2C(C)C)cc1. The lowest BCUT2D eigenvalue weighted by Gasteiger charge is -2.15. The first-order valence-electron chi connectivity index (χ1n) is 12.4. The van der Waals surface area contributed by atoms with Crippen LogP contribution in [-0.4, -0.2) is 16.2 Å². The Morgan fingerprint density at radius 2 is 1.71 bits per heavy atom. The standard InChI is InChI=1S/C30H36N2O2/c1-5-24-13-15-25(16-14-24)34-21-30-31-27-10-6-7-11-28(27)32(30)18-8-9-19-33-29-20-23(4)12-17-26(29)22(2)3/h6-7,10-17,20,22H,5,8-9,18-19,21H2,1-4H3. The first-order valence-corrected chi connectivity index (χ1v) is 12.4.